The van der Waals surface area contributed by atoms with E-state index < -0.39 is 0 Å². The second kappa shape index (κ2) is 9.96. The van der Waals surface area contributed by atoms with E-state index in [1.54, 1.807) is 6.08 Å². The van der Waals surface area contributed by atoms with E-state index in [4.69, 9.17) is 4.74 Å². The summed E-state index contributed by atoms with van der Waals surface area (Å²) in [6.45, 7) is 10.5. The van der Waals surface area contributed by atoms with Crippen LogP contribution in [0.25, 0.3) is 0 Å². The van der Waals surface area contributed by atoms with Crippen molar-refractivity contribution < 1.29 is 9.53 Å². The number of carbonyl (C=O) groups excluding carboxylic acids is 1. The quantitative estimate of drug-likeness (QED) is 0.487. The highest BCUT2D eigenvalue weighted by Gasteiger charge is 2.21. The van der Waals surface area contributed by atoms with Gasteiger partial charge in [-0.2, -0.15) is 0 Å². The molecule has 1 N–H and O–H groups in total. The molecule has 1 fully saturated rings. The van der Waals surface area contributed by atoms with Crippen LogP contribution in [-0.4, -0.2) is 32.5 Å². The monoisotopic (exact) mass is 414 g/mol. The van der Waals surface area contributed by atoms with Crippen LogP contribution in [-0.2, 0) is 11.3 Å². The first-order valence-electron chi connectivity index (χ1n) is 10.2. The molecule has 1 amide bonds. The molecule has 1 heterocycles. The molecule has 0 saturated heterocycles. The molecule has 156 valence electrons. The molecule has 0 aliphatic heterocycles. The Kier molecular flexibility index (Phi) is 7.36. The van der Waals surface area contributed by atoms with Crippen molar-refractivity contribution in [1.29, 1.82) is 0 Å². The molecule has 6 nitrogen and oxygen atoms in total. The van der Waals surface area contributed by atoms with E-state index in [0.717, 1.165) is 30.0 Å². The number of amides is 1. The molecule has 3 rings (SSSR count). The van der Waals surface area contributed by atoms with E-state index in [1.807, 2.05) is 30.5 Å². The van der Waals surface area contributed by atoms with Gasteiger partial charge < -0.3 is 10.1 Å². The van der Waals surface area contributed by atoms with Gasteiger partial charge in [-0.3, -0.25) is 9.36 Å². The average molecular weight is 415 g/mol. The zero-order valence-corrected chi connectivity index (χ0v) is 18.3. The van der Waals surface area contributed by atoms with Crippen molar-refractivity contribution >= 4 is 17.7 Å². The van der Waals surface area contributed by atoms with E-state index in [0.29, 0.717) is 23.5 Å². The smallest absolute Gasteiger partial charge is 0.230 e. The molecular formula is C22H30N4O2S. The summed E-state index contributed by atoms with van der Waals surface area (Å²) in [6, 6.07) is 6.45. The standard InChI is InChI=1S/C22H30N4O2S/c1-5-12-26-21(17(4)28-19-11-10-15(2)13-16(19)3)24-25-22(26)29-14-20(27)23-18-8-6-7-9-18/h5,10-11,13,17-18H,1,6-9,12,14H2,2-4H3,(H,23,27). The summed E-state index contributed by atoms with van der Waals surface area (Å²) in [7, 11) is 0. The highest BCUT2D eigenvalue weighted by Crippen LogP contribution is 2.27. The number of ether oxygens (including phenoxy) is 1. The predicted molar refractivity (Wildman–Crippen MR) is 116 cm³/mol. The van der Waals surface area contributed by atoms with Crippen LogP contribution in [0.3, 0.4) is 0 Å². The Morgan fingerprint density at radius 1 is 1.38 bits per heavy atom. The molecule has 1 unspecified atom stereocenters. The summed E-state index contributed by atoms with van der Waals surface area (Å²) < 4.78 is 8.12. The van der Waals surface area contributed by atoms with Crippen LogP contribution in [0.15, 0.2) is 36.0 Å². The molecule has 1 aromatic heterocycles. The van der Waals surface area contributed by atoms with E-state index in [2.05, 4.69) is 35.1 Å². The number of thioether (sulfide) groups is 1. The van der Waals surface area contributed by atoms with E-state index in [-0.39, 0.29) is 12.0 Å². The second-order valence-electron chi connectivity index (χ2n) is 7.61. The van der Waals surface area contributed by atoms with Crippen LogP contribution >= 0.6 is 11.8 Å². The zero-order valence-electron chi connectivity index (χ0n) is 17.5. The number of hydrogen-bond acceptors (Lipinski definition) is 5. The molecule has 2 aromatic rings. The van der Waals surface area contributed by atoms with Crippen LogP contribution < -0.4 is 10.1 Å². The number of rotatable bonds is 9. The van der Waals surface area contributed by atoms with Gasteiger partial charge in [-0.15, -0.1) is 16.8 Å². The van der Waals surface area contributed by atoms with Gasteiger partial charge in [-0.1, -0.05) is 48.4 Å². The number of allylic oxidation sites excluding steroid dienone is 1. The lowest BCUT2D eigenvalue weighted by atomic mass is 10.1. The van der Waals surface area contributed by atoms with Gasteiger partial charge in [0.1, 0.15) is 5.75 Å². The minimum atomic E-state index is -0.273. The maximum atomic E-state index is 12.3. The number of carbonyl (C=O) groups is 1. The summed E-state index contributed by atoms with van der Waals surface area (Å²) in [5.74, 6) is 1.94. The number of nitrogens with zero attached hydrogens (tertiary/aromatic N) is 3. The number of hydrogen-bond donors (Lipinski definition) is 1. The Labute approximate surface area is 177 Å². The molecule has 1 aliphatic rings. The van der Waals surface area contributed by atoms with Crippen molar-refractivity contribution in [2.75, 3.05) is 5.75 Å². The topological polar surface area (TPSA) is 69.0 Å². The van der Waals surface area contributed by atoms with Crippen LogP contribution in [0.1, 0.15) is 55.7 Å². The fourth-order valence-electron chi connectivity index (χ4n) is 3.65. The Morgan fingerprint density at radius 3 is 2.83 bits per heavy atom. The van der Waals surface area contributed by atoms with E-state index in [1.165, 1.54) is 30.2 Å². The molecule has 0 bridgehead atoms. The molecule has 1 saturated carbocycles. The highest BCUT2D eigenvalue weighted by molar-refractivity contribution is 7.99. The predicted octanol–water partition coefficient (Wildman–Crippen LogP) is 4.37. The highest BCUT2D eigenvalue weighted by atomic mass is 32.2. The number of benzene rings is 1. The normalized spacial score (nSPS) is 15.3. The Bertz CT molecular complexity index is 858. The third-order valence-corrected chi connectivity index (χ3v) is 6.07. The van der Waals surface area contributed by atoms with Crippen LogP contribution in [0.2, 0.25) is 0 Å². The second-order valence-corrected chi connectivity index (χ2v) is 8.55. The van der Waals surface area contributed by atoms with Gasteiger partial charge in [-0.25, -0.2) is 0 Å². The first kappa shape index (κ1) is 21.4. The third kappa shape index (κ3) is 5.63. The largest absolute Gasteiger partial charge is 0.482 e. The van der Waals surface area contributed by atoms with Crippen molar-refractivity contribution in [3.8, 4) is 5.75 Å². The number of aromatic nitrogens is 3. The van der Waals surface area contributed by atoms with E-state index >= 15 is 0 Å². The van der Waals surface area contributed by atoms with Crippen molar-refractivity contribution in [2.45, 2.75) is 70.3 Å². The summed E-state index contributed by atoms with van der Waals surface area (Å²) in [6.07, 6.45) is 6.10. The first-order valence-corrected chi connectivity index (χ1v) is 11.2. The Hall–Kier alpha value is -2.28. The zero-order chi connectivity index (χ0) is 20.8. The average Bonchev–Trinajstić information content (AvgIpc) is 3.32. The lowest BCUT2D eigenvalue weighted by molar-refractivity contribution is -0.119. The molecule has 7 heteroatoms. The van der Waals surface area contributed by atoms with E-state index in [9.17, 15) is 4.79 Å². The van der Waals surface area contributed by atoms with Gasteiger partial charge in [0, 0.05) is 12.6 Å². The molecule has 1 aromatic carbocycles. The van der Waals surface area contributed by atoms with Crippen LogP contribution in [0, 0.1) is 13.8 Å². The minimum absolute atomic E-state index is 0.0520. The Morgan fingerprint density at radius 2 is 2.14 bits per heavy atom. The van der Waals surface area contributed by atoms with Gasteiger partial charge in [0.15, 0.2) is 17.1 Å². The summed E-state index contributed by atoms with van der Waals surface area (Å²) in [4.78, 5) is 12.3. The minimum Gasteiger partial charge on any atom is -0.482 e. The lowest BCUT2D eigenvalue weighted by Crippen LogP contribution is -2.33. The Balaban J connectivity index is 1.66. The maximum Gasteiger partial charge on any atom is 0.230 e. The van der Waals surface area contributed by atoms with Crippen LogP contribution in [0.4, 0.5) is 0 Å². The summed E-state index contributed by atoms with van der Waals surface area (Å²) in [5.41, 5.74) is 2.29. The molecule has 29 heavy (non-hydrogen) atoms. The van der Waals surface area contributed by atoms with Gasteiger partial charge in [0.05, 0.1) is 5.75 Å². The molecule has 0 radical (unpaired) electrons. The fraction of sp³-hybridized carbons (Fsp3) is 0.500. The first-order chi connectivity index (χ1) is 14.0. The summed E-state index contributed by atoms with van der Waals surface area (Å²) in [5, 5.41) is 12.5. The fourth-order valence-corrected chi connectivity index (χ4v) is 4.42. The maximum absolute atomic E-state index is 12.3. The summed E-state index contributed by atoms with van der Waals surface area (Å²) >= 11 is 1.40. The SMILES string of the molecule is C=CCn1c(SCC(=O)NC2CCCC2)nnc1C(C)Oc1ccc(C)cc1C. The van der Waals surface area contributed by atoms with Gasteiger partial charge in [-0.05, 0) is 45.2 Å². The lowest BCUT2D eigenvalue weighted by Gasteiger charge is -2.17. The third-order valence-electron chi connectivity index (χ3n) is 5.11. The van der Waals surface area contributed by atoms with Gasteiger partial charge >= 0.3 is 0 Å². The molecule has 1 atom stereocenters. The van der Waals surface area contributed by atoms with Gasteiger partial charge in [0.2, 0.25) is 5.91 Å². The molecular weight excluding hydrogens is 384 g/mol. The molecule has 0 spiro atoms. The van der Waals surface area contributed by atoms with Gasteiger partial charge in [0.25, 0.3) is 0 Å². The van der Waals surface area contributed by atoms with Crippen LogP contribution in [0.5, 0.6) is 5.75 Å². The molecule has 1 aliphatic carbocycles. The number of aryl methyl sites for hydroxylation is 2. The van der Waals surface area contributed by atoms with Crippen molar-refractivity contribution in [3.05, 3.63) is 47.8 Å². The van der Waals surface area contributed by atoms with Crippen molar-refractivity contribution in [3.63, 3.8) is 0 Å². The van der Waals surface area contributed by atoms with Crippen molar-refractivity contribution in [2.24, 2.45) is 0 Å². The van der Waals surface area contributed by atoms with Crippen molar-refractivity contribution in [1.82, 2.24) is 20.1 Å². The number of nitrogens with one attached hydrogen (secondary N) is 1.